The first-order valence-corrected chi connectivity index (χ1v) is 9.35. The van der Waals surface area contributed by atoms with Crippen molar-refractivity contribution < 1.29 is 14.2 Å². The van der Waals surface area contributed by atoms with E-state index in [9.17, 15) is 5.26 Å². The lowest BCUT2D eigenvalue weighted by atomic mass is 9.89. The van der Waals surface area contributed by atoms with E-state index in [1.807, 2.05) is 48.5 Å². The smallest absolute Gasteiger partial charge is 0.203 e. The number of hydrogen-bond acceptors (Lipinski definition) is 4. The number of ether oxygens (including phenoxy) is 3. The molecule has 3 fully saturated rings. The Kier molecular flexibility index (Phi) is 3.83. The van der Waals surface area contributed by atoms with Gasteiger partial charge in [-0.05, 0) is 49.3 Å². The third-order valence-corrected chi connectivity index (χ3v) is 6.00. The molecule has 5 atom stereocenters. The van der Waals surface area contributed by atoms with Crippen LogP contribution in [0, 0.1) is 29.1 Å². The summed E-state index contributed by atoms with van der Waals surface area (Å²) in [5, 5.41) is 9.21. The fourth-order valence-electron chi connectivity index (χ4n) is 4.93. The van der Waals surface area contributed by atoms with Gasteiger partial charge in [0.05, 0.1) is 18.6 Å². The monoisotopic (exact) mass is 347 g/mol. The summed E-state index contributed by atoms with van der Waals surface area (Å²) < 4.78 is 18.7. The number of nitriles is 1. The molecular weight excluding hydrogens is 326 g/mol. The zero-order chi connectivity index (χ0) is 17.5. The SMILES string of the molecule is N#CCc1cccc(Oc2ccccc2)c1O[C@@H]1O[C@H]2C[C@H]3C[C@H]1[C@@H]2C3. The molecule has 5 rings (SSSR count). The molecular formula is C22H21NO3. The van der Waals surface area contributed by atoms with Crippen molar-refractivity contribution in [3.8, 4) is 23.3 Å². The van der Waals surface area contributed by atoms with E-state index in [0.29, 0.717) is 29.4 Å². The Hall–Kier alpha value is -2.51. The van der Waals surface area contributed by atoms with Gasteiger partial charge in [0.25, 0.3) is 0 Å². The summed E-state index contributed by atoms with van der Waals surface area (Å²) in [6.45, 7) is 0. The maximum Gasteiger partial charge on any atom is 0.203 e. The van der Waals surface area contributed by atoms with Gasteiger partial charge < -0.3 is 14.2 Å². The van der Waals surface area contributed by atoms with Gasteiger partial charge in [0, 0.05) is 11.5 Å². The first kappa shape index (κ1) is 15.7. The maximum atomic E-state index is 9.21. The number of fused-ring (bicyclic) bond motifs is 1. The zero-order valence-corrected chi connectivity index (χ0v) is 14.5. The van der Waals surface area contributed by atoms with Crippen LogP contribution in [0.3, 0.4) is 0 Å². The highest BCUT2D eigenvalue weighted by Gasteiger charge is 2.57. The molecule has 1 saturated heterocycles. The van der Waals surface area contributed by atoms with Gasteiger partial charge in [-0.1, -0.05) is 30.3 Å². The maximum absolute atomic E-state index is 9.21. The van der Waals surface area contributed by atoms with E-state index >= 15 is 0 Å². The lowest BCUT2D eigenvalue weighted by Gasteiger charge is -2.22. The highest BCUT2D eigenvalue weighted by Crippen LogP contribution is 2.56. The first-order valence-electron chi connectivity index (χ1n) is 9.35. The molecule has 26 heavy (non-hydrogen) atoms. The fourth-order valence-corrected chi connectivity index (χ4v) is 4.93. The lowest BCUT2D eigenvalue weighted by Crippen LogP contribution is -2.24. The van der Waals surface area contributed by atoms with Crippen molar-refractivity contribution in [2.45, 2.75) is 38.1 Å². The van der Waals surface area contributed by atoms with E-state index in [0.717, 1.165) is 17.2 Å². The van der Waals surface area contributed by atoms with E-state index in [-0.39, 0.29) is 12.7 Å². The number of hydrogen-bond donors (Lipinski definition) is 0. The van der Waals surface area contributed by atoms with Crippen molar-refractivity contribution >= 4 is 0 Å². The summed E-state index contributed by atoms with van der Waals surface area (Å²) in [5.41, 5.74) is 0.846. The van der Waals surface area contributed by atoms with Gasteiger partial charge in [0.1, 0.15) is 5.75 Å². The van der Waals surface area contributed by atoms with Gasteiger partial charge in [0.15, 0.2) is 11.5 Å². The average molecular weight is 347 g/mol. The molecule has 0 aromatic heterocycles. The molecule has 0 amide bonds. The van der Waals surface area contributed by atoms with Crippen molar-refractivity contribution in [2.75, 3.05) is 0 Å². The zero-order valence-electron chi connectivity index (χ0n) is 14.5. The molecule has 3 aliphatic rings. The van der Waals surface area contributed by atoms with Gasteiger partial charge in [0.2, 0.25) is 6.29 Å². The molecule has 2 bridgehead atoms. The third kappa shape index (κ3) is 2.64. The Morgan fingerprint density at radius 2 is 1.85 bits per heavy atom. The number of para-hydroxylation sites is 2. The molecule has 2 saturated carbocycles. The Morgan fingerprint density at radius 1 is 1.00 bits per heavy atom. The molecule has 0 spiro atoms. The van der Waals surface area contributed by atoms with Gasteiger partial charge in [-0.15, -0.1) is 0 Å². The third-order valence-electron chi connectivity index (χ3n) is 6.00. The molecule has 132 valence electrons. The molecule has 0 N–H and O–H groups in total. The molecule has 1 heterocycles. The summed E-state index contributed by atoms with van der Waals surface area (Å²) in [5.74, 6) is 3.96. The Balaban J connectivity index is 1.45. The molecule has 2 aliphatic carbocycles. The van der Waals surface area contributed by atoms with E-state index in [4.69, 9.17) is 14.2 Å². The van der Waals surface area contributed by atoms with Gasteiger partial charge >= 0.3 is 0 Å². The minimum Gasteiger partial charge on any atom is -0.460 e. The second kappa shape index (κ2) is 6.34. The molecule has 0 unspecified atom stereocenters. The van der Waals surface area contributed by atoms with Crippen LogP contribution in [0.1, 0.15) is 24.8 Å². The van der Waals surface area contributed by atoms with Crippen LogP contribution in [-0.2, 0) is 11.2 Å². The Labute approximate surface area is 153 Å². The van der Waals surface area contributed by atoms with Crippen molar-refractivity contribution in [1.82, 2.24) is 0 Å². The minimum absolute atomic E-state index is 0.226. The van der Waals surface area contributed by atoms with Crippen LogP contribution in [0.25, 0.3) is 0 Å². The molecule has 1 aliphatic heterocycles. The number of benzene rings is 2. The summed E-state index contributed by atoms with van der Waals surface area (Å²) in [6.07, 6.45) is 4.06. The van der Waals surface area contributed by atoms with Gasteiger partial charge in [-0.2, -0.15) is 5.26 Å². The van der Waals surface area contributed by atoms with Crippen LogP contribution in [0.4, 0.5) is 0 Å². The second-order valence-corrected chi connectivity index (χ2v) is 7.56. The summed E-state index contributed by atoms with van der Waals surface area (Å²) in [6, 6.07) is 17.6. The van der Waals surface area contributed by atoms with Crippen LogP contribution in [0.15, 0.2) is 48.5 Å². The predicted molar refractivity (Wildman–Crippen MR) is 95.9 cm³/mol. The van der Waals surface area contributed by atoms with Crippen LogP contribution in [0.5, 0.6) is 17.2 Å². The lowest BCUT2D eigenvalue weighted by molar-refractivity contribution is -0.0839. The number of nitrogens with zero attached hydrogens (tertiary/aromatic N) is 1. The van der Waals surface area contributed by atoms with E-state index in [2.05, 4.69) is 6.07 Å². The van der Waals surface area contributed by atoms with Crippen molar-refractivity contribution in [1.29, 1.82) is 5.26 Å². The summed E-state index contributed by atoms with van der Waals surface area (Å²) in [7, 11) is 0. The molecule has 4 heteroatoms. The fraction of sp³-hybridized carbons (Fsp3) is 0.409. The van der Waals surface area contributed by atoms with E-state index in [1.165, 1.54) is 19.3 Å². The largest absolute Gasteiger partial charge is 0.460 e. The Morgan fingerprint density at radius 3 is 2.62 bits per heavy atom. The van der Waals surface area contributed by atoms with Gasteiger partial charge in [-0.3, -0.25) is 0 Å². The molecule has 2 aromatic carbocycles. The van der Waals surface area contributed by atoms with Crippen molar-refractivity contribution in [2.24, 2.45) is 17.8 Å². The highest BCUT2D eigenvalue weighted by atomic mass is 16.7. The van der Waals surface area contributed by atoms with Crippen LogP contribution < -0.4 is 9.47 Å². The Bertz CT molecular complexity index is 842. The van der Waals surface area contributed by atoms with Crippen molar-refractivity contribution in [3.05, 3.63) is 54.1 Å². The number of rotatable bonds is 5. The quantitative estimate of drug-likeness (QED) is 0.787. The standard InChI is InChI=1S/C22H21NO3/c23-10-9-15-5-4-8-19(24-16-6-2-1-3-7-16)21(15)26-22-18-12-14-11-17(18)20(13-14)25-22/h1-8,14,17-18,20,22H,9,11-13H2/t14-,17+,18+,20+,22+/m1/s1. The van der Waals surface area contributed by atoms with Crippen molar-refractivity contribution in [3.63, 3.8) is 0 Å². The first-order chi connectivity index (χ1) is 12.8. The summed E-state index contributed by atoms with van der Waals surface area (Å²) >= 11 is 0. The molecule has 0 radical (unpaired) electrons. The second-order valence-electron chi connectivity index (χ2n) is 7.56. The minimum atomic E-state index is -0.226. The van der Waals surface area contributed by atoms with E-state index in [1.54, 1.807) is 0 Å². The predicted octanol–water partition coefficient (Wildman–Crippen LogP) is 4.69. The normalized spacial score (nSPS) is 31.0. The van der Waals surface area contributed by atoms with Crippen LogP contribution >= 0.6 is 0 Å². The van der Waals surface area contributed by atoms with Crippen LogP contribution in [-0.4, -0.2) is 12.4 Å². The molecule has 2 aromatic rings. The van der Waals surface area contributed by atoms with Gasteiger partial charge in [-0.25, -0.2) is 0 Å². The average Bonchev–Trinajstić information content (AvgIpc) is 3.28. The van der Waals surface area contributed by atoms with Crippen LogP contribution in [0.2, 0.25) is 0 Å². The molecule has 4 nitrogen and oxygen atoms in total. The van der Waals surface area contributed by atoms with E-state index < -0.39 is 0 Å². The highest BCUT2D eigenvalue weighted by molar-refractivity contribution is 5.49. The topological polar surface area (TPSA) is 51.5 Å². The summed E-state index contributed by atoms with van der Waals surface area (Å²) in [4.78, 5) is 0.